The highest BCUT2D eigenvalue weighted by Crippen LogP contribution is 2.41. The summed E-state index contributed by atoms with van der Waals surface area (Å²) in [6, 6.07) is 18.7. The van der Waals surface area contributed by atoms with Gasteiger partial charge < -0.3 is 14.2 Å². The molecule has 0 aliphatic rings. The van der Waals surface area contributed by atoms with Crippen molar-refractivity contribution in [3.05, 3.63) is 90.5 Å². The van der Waals surface area contributed by atoms with Crippen molar-refractivity contribution in [2.24, 2.45) is 0 Å². The van der Waals surface area contributed by atoms with Gasteiger partial charge in [-0.2, -0.15) is 0 Å². The Bertz CT molecular complexity index is 1230. The number of rotatable bonds is 9. The van der Waals surface area contributed by atoms with E-state index in [1.165, 1.54) is 0 Å². The molecule has 0 aliphatic heterocycles. The van der Waals surface area contributed by atoms with E-state index in [-0.39, 0.29) is 5.78 Å². The van der Waals surface area contributed by atoms with Crippen LogP contribution in [-0.4, -0.2) is 26.0 Å². The summed E-state index contributed by atoms with van der Waals surface area (Å²) in [5, 5.41) is 0. The molecule has 3 aromatic carbocycles. The molecule has 0 saturated heterocycles. The molecule has 0 saturated carbocycles. The van der Waals surface area contributed by atoms with Gasteiger partial charge in [0.1, 0.15) is 17.2 Å². The predicted molar refractivity (Wildman–Crippen MR) is 134 cm³/mol. The number of benzene rings is 3. The van der Waals surface area contributed by atoms with Crippen LogP contribution in [0.1, 0.15) is 19.4 Å². The van der Waals surface area contributed by atoms with Crippen molar-refractivity contribution in [1.82, 2.24) is 0 Å². The Hall–Kier alpha value is -4.12. The second-order valence-corrected chi connectivity index (χ2v) is 8.02. The summed E-state index contributed by atoms with van der Waals surface area (Å²) in [4.78, 5) is 24.4. The van der Waals surface area contributed by atoms with Crippen LogP contribution in [0.2, 0.25) is 0 Å². The van der Waals surface area contributed by atoms with E-state index >= 15 is 0 Å². The van der Waals surface area contributed by atoms with E-state index < -0.39 is 5.97 Å². The maximum Gasteiger partial charge on any atom is 0.338 e. The molecule has 0 heterocycles. The molecule has 0 aliphatic carbocycles. The van der Waals surface area contributed by atoms with Crippen LogP contribution in [0.3, 0.4) is 0 Å². The molecule has 0 spiro atoms. The zero-order chi connectivity index (χ0) is 24.8. The zero-order valence-electron chi connectivity index (χ0n) is 19.9. The molecule has 0 unspecified atom stereocenters. The summed E-state index contributed by atoms with van der Waals surface area (Å²) in [6.07, 6.45) is 0.296. The Morgan fingerprint density at radius 2 is 1.26 bits per heavy atom. The summed E-state index contributed by atoms with van der Waals surface area (Å²) in [6.45, 7) is 10.7. The molecule has 5 nitrogen and oxygen atoms in total. The lowest BCUT2D eigenvalue weighted by atomic mass is 9.96. The lowest BCUT2D eigenvalue weighted by Crippen LogP contribution is -2.09. The van der Waals surface area contributed by atoms with Crippen LogP contribution in [0.5, 0.6) is 17.2 Å². The lowest BCUT2D eigenvalue weighted by molar-refractivity contribution is -0.130. The van der Waals surface area contributed by atoms with Crippen LogP contribution in [0.4, 0.5) is 0 Å². The molecule has 0 bridgehead atoms. The third-order valence-corrected chi connectivity index (χ3v) is 5.36. The molecule has 0 atom stereocenters. The van der Waals surface area contributed by atoms with Gasteiger partial charge in [-0.1, -0.05) is 49.6 Å². The van der Waals surface area contributed by atoms with Gasteiger partial charge in [0.25, 0.3) is 0 Å². The van der Waals surface area contributed by atoms with Crippen molar-refractivity contribution in [3.8, 4) is 39.5 Å². The fraction of sp³-hybridized carbons (Fsp3) is 0.172. The van der Waals surface area contributed by atoms with Gasteiger partial charge in [0.05, 0.1) is 14.2 Å². The monoisotopic (exact) mass is 456 g/mol. The second-order valence-electron chi connectivity index (χ2n) is 8.02. The molecular weight excluding hydrogens is 428 g/mol. The Morgan fingerprint density at radius 3 is 1.76 bits per heavy atom. The zero-order valence-corrected chi connectivity index (χ0v) is 19.9. The van der Waals surface area contributed by atoms with Gasteiger partial charge in [0, 0.05) is 23.1 Å². The van der Waals surface area contributed by atoms with E-state index in [1.807, 2.05) is 54.6 Å². The first-order chi connectivity index (χ1) is 16.2. The quantitative estimate of drug-likeness (QED) is 0.218. The third-order valence-electron chi connectivity index (χ3n) is 5.36. The number of carbonyl (C=O) groups excluding carboxylic acids is 2. The van der Waals surface area contributed by atoms with Gasteiger partial charge in [-0.3, -0.25) is 4.79 Å². The van der Waals surface area contributed by atoms with Crippen LogP contribution < -0.4 is 14.2 Å². The van der Waals surface area contributed by atoms with Crippen molar-refractivity contribution in [2.75, 3.05) is 14.2 Å². The minimum Gasteiger partial charge on any atom is -0.497 e. The molecule has 0 N–H and O–H groups in total. The average Bonchev–Trinajstić information content (AvgIpc) is 2.84. The molecule has 34 heavy (non-hydrogen) atoms. The molecule has 174 valence electrons. The van der Waals surface area contributed by atoms with E-state index in [0.717, 1.165) is 28.0 Å². The second kappa shape index (κ2) is 10.7. The molecule has 0 fully saturated rings. The highest BCUT2D eigenvalue weighted by molar-refractivity contribution is 5.95. The van der Waals surface area contributed by atoms with Crippen molar-refractivity contribution in [2.45, 2.75) is 20.3 Å². The van der Waals surface area contributed by atoms with Crippen LogP contribution in [0.15, 0.2) is 85.0 Å². The number of esters is 1. The van der Waals surface area contributed by atoms with Gasteiger partial charge in [-0.25, -0.2) is 4.79 Å². The minimum absolute atomic E-state index is 0.00293. The van der Waals surface area contributed by atoms with E-state index in [9.17, 15) is 9.59 Å². The van der Waals surface area contributed by atoms with E-state index in [4.69, 9.17) is 14.2 Å². The maximum atomic E-state index is 12.4. The fourth-order valence-corrected chi connectivity index (χ4v) is 3.36. The highest BCUT2D eigenvalue weighted by Gasteiger charge is 2.18. The largest absolute Gasteiger partial charge is 0.497 e. The standard InChI is InChI=1S/C29H28O5/c1-18(2)26(30)15-20-7-9-21(10-8-20)24-17-28(34-29(31)19(3)4)25(16-27(24)33-6)22-11-13-23(32-5)14-12-22/h7-14,16-17H,1,3,15H2,2,4-6H3. The Labute approximate surface area is 200 Å². The fourth-order valence-electron chi connectivity index (χ4n) is 3.36. The van der Waals surface area contributed by atoms with Gasteiger partial charge in [0.2, 0.25) is 0 Å². The molecule has 5 heteroatoms. The SMILES string of the molecule is C=C(C)C(=O)Cc1ccc(-c2cc(OC(=O)C(=C)C)c(-c3ccc(OC)cc3)cc2OC)cc1. The van der Waals surface area contributed by atoms with E-state index in [1.54, 1.807) is 34.1 Å². The average molecular weight is 457 g/mol. The summed E-state index contributed by atoms with van der Waals surface area (Å²) < 4.78 is 16.6. The minimum atomic E-state index is -0.514. The van der Waals surface area contributed by atoms with Crippen molar-refractivity contribution >= 4 is 11.8 Å². The molecule has 0 aromatic heterocycles. The summed E-state index contributed by atoms with van der Waals surface area (Å²) in [5.74, 6) is 1.21. The summed E-state index contributed by atoms with van der Waals surface area (Å²) in [7, 11) is 3.20. The molecular formula is C29H28O5. The first-order valence-electron chi connectivity index (χ1n) is 10.8. The Kier molecular flexibility index (Phi) is 7.69. The molecule has 0 radical (unpaired) electrons. The number of Topliss-reactive ketones (excluding diaryl/α,β-unsaturated/α-hetero) is 1. The van der Waals surface area contributed by atoms with E-state index in [2.05, 4.69) is 13.2 Å². The number of methoxy groups -OCH3 is 2. The molecule has 0 amide bonds. The number of hydrogen-bond donors (Lipinski definition) is 0. The number of allylic oxidation sites excluding steroid dienone is 1. The topological polar surface area (TPSA) is 61.8 Å². The molecule has 3 aromatic rings. The number of ether oxygens (including phenoxy) is 3. The van der Waals surface area contributed by atoms with Gasteiger partial charge in [-0.05, 0) is 60.4 Å². The smallest absolute Gasteiger partial charge is 0.338 e. The first-order valence-corrected chi connectivity index (χ1v) is 10.8. The van der Waals surface area contributed by atoms with Gasteiger partial charge in [0.15, 0.2) is 5.78 Å². The highest BCUT2D eigenvalue weighted by atomic mass is 16.5. The number of hydrogen-bond acceptors (Lipinski definition) is 5. The van der Waals surface area contributed by atoms with Crippen LogP contribution >= 0.6 is 0 Å². The van der Waals surface area contributed by atoms with Crippen LogP contribution in [0.25, 0.3) is 22.3 Å². The van der Waals surface area contributed by atoms with Crippen molar-refractivity contribution in [3.63, 3.8) is 0 Å². The summed E-state index contributed by atoms with van der Waals surface area (Å²) in [5.41, 5.74) is 4.86. The van der Waals surface area contributed by atoms with E-state index in [0.29, 0.717) is 34.6 Å². The van der Waals surface area contributed by atoms with Gasteiger partial charge >= 0.3 is 5.97 Å². The Balaban J connectivity index is 2.08. The van der Waals surface area contributed by atoms with Gasteiger partial charge in [-0.15, -0.1) is 0 Å². The van der Waals surface area contributed by atoms with Crippen LogP contribution in [0, 0.1) is 0 Å². The lowest BCUT2D eigenvalue weighted by Gasteiger charge is -2.17. The Morgan fingerprint density at radius 1 is 0.735 bits per heavy atom. The maximum absolute atomic E-state index is 12.4. The normalized spacial score (nSPS) is 10.4. The number of carbonyl (C=O) groups is 2. The van der Waals surface area contributed by atoms with Crippen LogP contribution in [-0.2, 0) is 16.0 Å². The third kappa shape index (κ3) is 5.62. The molecule has 3 rings (SSSR count). The van der Waals surface area contributed by atoms with Crippen molar-refractivity contribution < 1.29 is 23.8 Å². The van der Waals surface area contributed by atoms with Crippen molar-refractivity contribution in [1.29, 1.82) is 0 Å². The summed E-state index contributed by atoms with van der Waals surface area (Å²) >= 11 is 0. The number of ketones is 1. The predicted octanol–water partition coefficient (Wildman–Crippen LogP) is 6.21. The first kappa shape index (κ1) is 24.5.